The van der Waals surface area contributed by atoms with Crippen LogP contribution in [0, 0.1) is 5.82 Å². The lowest BCUT2D eigenvalue weighted by molar-refractivity contribution is 0.0985. The van der Waals surface area contributed by atoms with Crippen molar-refractivity contribution in [3.05, 3.63) is 35.8 Å². The molecule has 3 heterocycles. The number of morpholine rings is 1. The maximum atomic E-state index is 14.8. The van der Waals surface area contributed by atoms with Gasteiger partial charge in [0.2, 0.25) is 0 Å². The lowest BCUT2D eigenvalue weighted by Gasteiger charge is -2.34. The largest absolute Gasteiger partial charge is 0.377 e. The topological polar surface area (TPSA) is 105 Å². The quantitative estimate of drug-likeness (QED) is 0.725. The van der Waals surface area contributed by atoms with Crippen LogP contribution >= 0.6 is 0 Å². The number of rotatable bonds is 5. The normalized spacial score (nSPS) is 18.9. The van der Waals surface area contributed by atoms with Gasteiger partial charge in [0.25, 0.3) is 0 Å². The van der Waals surface area contributed by atoms with Gasteiger partial charge in [-0.15, -0.1) is 0 Å². The highest BCUT2D eigenvalue weighted by Crippen LogP contribution is 2.27. The van der Waals surface area contributed by atoms with E-state index in [-0.39, 0.29) is 29.3 Å². The second kappa shape index (κ2) is 8.99. The van der Waals surface area contributed by atoms with E-state index in [1.807, 2.05) is 11.8 Å². The Morgan fingerprint density at radius 2 is 2.03 bits per heavy atom. The van der Waals surface area contributed by atoms with E-state index in [0.29, 0.717) is 49.9 Å². The number of halogens is 1. The van der Waals surface area contributed by atoms with Crippen molar-refractivity contribution in [3.8, 4) is 11.4 Å². The summed E-state index contributed by atoms with van der Waals surface area (Å²) in [5.74, 6) is -0.0742. The first kappa shape index (κ1) is 22.4. The molecule has 0 radical (unpaired) electrons. The number of nitrogens with zero attached hydrogens (tertiary/aromatic N) is 4. The number of benzene rings is 1. The van der Waals surface area contributed by atoms with Gasteiger partial charge >= 0.3 is 6.03 Å². The number of aromatic nitrogens is 2. The second-order valence-electron chi connectivity index (χ2n) is 8.19. The van der Waals surface area contributed by atoms with Crippen LogP contribution in [0.25, 0.3) is 11.4 Å². The average Bonchev–Trinajstić information content (AvgIpc) is 2.67. The van der Waals surface area contributed by atoms with Gasteiger partial charge in [-0.2, -0.15) is 0 Å². The molecule has 1 aromatic carbocycles. The molecule has 0 bridgehead atoms. The van der Waals surface area contributed by atoms with Gasteiger partial charge in [0.15, 0.2) is 15.7 Å². The Morgan fingerprint density at radius 1 is 1.25 bits per heavy atom. The summed E-state index contributed by atoms with van der Waals surface area (Å²) < 4.78 is 44.0. The number of anilines is 2. The number of hydrogen-bond acceptors (Lipinski definition) is 7. The minimum atomic E-state index is -3.33. The van der Waals surface area contributed by atoms with Gasteiger partial charge in [-0.05, 0) is 31.5 Å². The molecule has 32 heavy (non-hydrogen) atoms. The summed E-state index contributed by atoms with van der Waals surface area (Å²) in [5, 5.41) is 2.57. The molecule has 0 spiro atoms. The Balaban J connectivity index is 1.66. The number of carbonyl (C=O) groups is 1. The summed E-state index contributed by atoms with van der Waals surface area (Å²) in [6.07, 6.45) is 2.08. The maximum Gasteiger partial charge on any atom is 0.321 e. The van der Waals surface area contributed by atoms with Crippen molar-refractivity contribution in [2.45, 2.75) is 25.1 Å². The number of ether oxygens (including phenoxy) is 1. The number of amides is 2. The molecular weight excluding hydrogens is 437 g/mol. The molecular formula is C21H26FN5O4S. The minimum absolute atomic E-state index is 0.0495. The van der Waals surface area contributed by atoms with Gasteiger partial charge in [-0.1, -0.05) is 0 Å². The van der Waals surface area contributed by atoms with Gasteiger partial charge in [-0.25, -0.2) is 27.6 Å². The van der Waals surface area contributed by atoms with Gasteiger partial charge in [-0.3, -0.25) is 0 Å². The van der Waals surface area contributed by atoms with Crippen LogP contribution in [-0.4, -0.2) is 74.5 Å². The third-order valence-corrected chi connectivity index (χ3v) is 6.27. The van der Waals surface area contributed by atoms with Crippen LogP contribution < -0.4 is 10.2 Å². The van der Waals surface area contributed by atoms with Crippen molar-refractivity contribution in [1.29, 1.82) is 0 Å². The first-order valence-corrected chi connectivity index (χ1v) is 12.5. The third-order valence-electron chi connectivity index (χ3n) is 5.45. The van der Waals surface area contributed by atoms with Crippen LogP contribution in [0.5, 0.6) is 0 Å². The zero-order valence-electron chi connectivity index (χ0n) is 18.0. The lowest BCUT2D eigenvalue weighted by Crippen LogP contribution is -2.44. The highest BCUT2D eigenvalue weighted by molar-refractivity contribution is 7.89. The fourth-order valence-corrected chi connectivity index (χ4v) is 4.32. The van der Waals surface area contributed by atoms with Gasteiger partial charge < -0.3 is 19.9 Å². The number of hydrogen-bond donors (Lipinski definition) is 1. The molecule has 172 valence electrons. The zero-order chi connectivity index (χ0) is 22.9. The van der Waals surface area contributed by atoms with Crippen molar-refractivity contribution in [3.63, 3.8) is 0 Å². The van der Waals surface area contributed by atoms with Crippen LogP contribution in [0.1, 0.15) is 19.0 Å². The Labute approximate surface area is 186 Å². The Kier molecular flexibility index (Phi) is 6.29. The predicted molar refractivity (Wildman–Crippen MR) is 119 cm³/mol. The molecule has 0 aliphatic carbocycles. The van der Waals surface area contributed by atoms with Crippen molar-refractivity contribution < 1.29 is 22.3 Å². The SMILES string of the molecule is C[C@@H]1COCCN1c1cc(CS(C)(=O)=O)nc(-c2ccc(NC(=O)N3CCC3)c(F)c2)n1. The van der Waals surface area contributed by atoms with Gasteiger partial charge in [0, 0.05) is 37.5 Å². The van der Waals surface area contributed by atoms with Gasteiger partial charge in [0.1, 0.15) is 11.6 Å². The predicted octanol–water partition coefficient (Wildman–Crippen LogP) is 2.29. The average molecular weight is 464 g/mol. The van der Waals surface area contributed by atoms with Crippen molar-refractivity contribution in [2.24, 2.45) is 0 Å². The fraction of sp³-hybridized carbons (Fsp3) is 0.476. The summed E-state index contributed by atoms with van der Waals surface area (Å²) in [6.45, 7) is 4.98. The molecule has 2 saturated heterocycles. The van der Waals surface area contributed by atoms with E-state index in [1.54, 1.807) is 17.0 Å². The van der Waals surface area contributed by atoms with E-state index in [2.05, 4.69) is 15.3 Å². The van der Waals surface area contributed by atoms with Crippen molar-refractivity contribution >= 4 is 27.4 Å². The van der Waals surface area contributed by atoms with Crippen LogP contribution in [0.4, 0.5) is 20.7 Å². The van der Waals surface area contributed by atoms with Crippen LogP contribution in [0.15, 0.2) is 24.3 Å². The number of carbonyl (C=O) groups excluding carboxylic acids is 1. The Bertz CT molecular complexity index is 1120. The molecule has 1 atom stereocenters. The van der Waals surface area contributed by atoms with Crippen LogP contribution in [0.3, 0.4) is 0 Å². The first-order valence-electron chi connectivity index (χ1n) is 10.5. The standard InChI is InChI=1S/C21H26FN5O4S/c1-14-12-31-9-8-27(14)19-11-16(13-32(2,29)30)23-20(25-19)15-4-5-18(17(22)10-15)24-21(28)26-6-3-7-26/h4-5,10-11,14H,3,6-9,12-13H2,1-2H3,(H,24,28)/t14-/m1/s1. The summed E-state index contributed by atoms with van der Waals surface area (Å²) in [5.41, 5.74) is 0.795. The highest BCUT2D eigenvalue weighted by Gasteiger charge is 2.24. The molecule has 4 rings (SSSR count). The molecule has 2 aliphatic heterocycles. The highest BCUT2D eigenvalue weighted by atomic mass is 32.2. The molecule has 2 aromatic rings. The summed E-state index contributed by atoms with van der Waals surface area (Å²) >= 11 is 0. The van der Waals surface area contributed by atoms with Crippen LogP contribution in [-0.2, 0) is 20.3 Å². The van der Waals surface area contributed by atoms with E-state index >= 15 is 0 Å². The van der Waals surface area contributed by atoms with E-state index < -0.39 is 15.7 Å². The number of urea groups is 1. The van der Waals surface area contributed by atoms with E-state index in [9.17, 15) is 17.6 Å². The molecule has 1 aromatic heterocycles. The molecule has 9 nitrogen and oxygen atoms in total. The zero-order valence-corrected chi connectivity index (χ0v) is 18.9. The first-order chi connectivity index (χ1) is 15.2. The molecule has 11 heteroatoms. The second-order valence-corrected chi connectivity index (χ2v) is 10.3. The molecule has 2 fully saturated rings. The minimum Gasteiger partial charge on any atom is -0.377 e. The maximum absolute atomic E-state index is 14.8. The summed E-state index contributed by atoms with van der Waals surface area (Å²) in [6, 6.07) is 5.70. The fourth-order valence-electron chi connectivity index (χ4n) is 3.64. The lowest BCUT2D eigenvalue weighted by atomic mass is 10.1. The van der Waals surface area contributed by atoms with Crippen LogP contribution in [0.2, 0.25) is 0 Å². The monoisotopic (exact) mass is 463 g/mol. The summed E-state index contributed by atoms with van der Waals surface area (Å²) in [7, 11) is -3.33. The Morgan fingerprint density at radius 3 is 2.66 bits per heavy atom. The smallest absolute Gasteiger partial charge is 0.321 e. The van der Waals surface area contributed by atoms with Gasteiger partial charge in [0.05, 0.1) is 36.4 Å². The molecule has 2 amide bonds. The molecule has 0 unspecified atom stereocenters. The summed E-state index contributed by atoms with van der Waals surface area (Å²) in [4.78, 5) is 24.7. The van der Waals surface area contributed by atoms with E-state index in [4.69, 9.17) is 4.74 Å². The third kappa shape index (κ3) is 5.16. The molecule has 2 aliphatic rings. The number of sulfone groups is 1. The van der Waals surface area contributed by atoms with E-state index in [1.165, 1.54) is 12.1 Å². The van der Waals surface area contributed by atoms with E-state index in [0.717, 1.165) is 12.7 Å². The number of likely N-dealkylation sites (tertiary alicyclic amines) is 1. The van der Waals surface area contributed by atoms with Crippen molar-refractivity contribution in [2.75, 3.05) is 49.3 Å². The molecule has 1 N–H and O–H groups in total. The molecule has 0 saturated carbocycles. The Hall–Kier alpha value is -2.79. The number of nitrogens with one attached hydrogen (secondary N) is 1. The van der Waals surface area contributed by atoms with Crippen molar-refractivity contribution in [1.82, 2.24) is 14.9 Å².